The van der Waals surface area contributed by atoms with Gasteiger partial charge in [-0.2, -0.15) is 5.26 Å². The average Bonchev–Trinajstić information content (AvgIpc) is 2.88. The van der Waals surface area contributed by atoms with E-state index in [-0.39, 0.29) is 0 Å². The molecule has 0 atom stereocenters. The third-order valence-corrected chi connectivity index (χ3v) is 6.01. The van der Waals surface area contributed by atoms with Crippen molar-refractivity contribution in [2.75, 3.05) is 17.2 Å². The molecule has 120 valence electrons. The number of halogens is 2. The Labute approximate surface area is 156 Å². The first-order valence-electron chi connectivity index (χ1n) is 7.37. The van der Waals surface area contributed by atoms with Gasteiger partial charge < -0.3 is 10.6 Å². The smallest absolute Gasteiger partial charge is 0.129 e. The second-order valence-corrected chi connectivity index (χ2v) is 8.11. The summed E-state index contributed by atoms with van der Waals surface area (Å²) in [6.45, 7) is 1.53. The summed E-state index contributed by atoms with van der Waals surface area (Å²) in [5, 5.41) is 11.5. The molecule has 2 aromatic heterocycles. The van der Waals surface area contributed by atoms with E-state index in [0.29, 0.717) is 15.6 Å². The van der Waals surface area contributed by atoms with Crippen LogP contribution in [-0.2, 0) is 13.0 Å². The zero-order valence-corrected chi connectivity index (χ0v) is 15.7. The van der Waals surface area contributed by atoms with Gasteiger partial charge in [0, 0.05) is 21.3 Å². The lowest BCUT2D eigenvalue weighted by molar-refractivity contribution is 0.734. The number of nitrogens with zero attached hydrogens (tertiary/aromatic N) is 3. The normalized spacial score (nSPS) is 13.8. The van der Waals surface area contributed by atoms with Crippen LogP contribution >= 0.6 is 38.9 Å². The number of hydrogen-bond donors (Lipinski definition) is 1. The molecular formula is C17H12BrClN4S. The number of hydrogen-bond acceptors (Lipinski definition) is 5. The molecule has 0 saturated carbocycles. The fourth-order valence-electron chi connectivity index (χ4n) is 3.07. The van der Waals surface area contributed by atoms with Gasteiger partial charge in [-0.05, 0) is 36.2 Å². The molecule has 24 heavy (non-hydrogen) atoms. The molecule has 7 heteroatoms. The van der Waals surface area contributed by atoms with E-state index in [0.717, 1.165) is 51.1 Å². The Hall–Kier alpha value is -1.81. The second-order valence-electron chi connectivity index (χ2n) is 5.66. The number of nitrogen functional groups attached to an aromatic ring is 1. The van der Waals surface area contributed by atoms with Crippen molar-refractivity contribution in [2.45, 2.75) is 13.0 Å². The van der Waals surface area contributed by atoms with Crippen molar-refractivity contribution in [3.63, 3.8) is 0 Å². The summed E-state index contributed by atoms with van der Waals surface area (Å²) in [5.74, 6) is 0.892. The Morgan fingerprint density at radius 3 is 3.00 bits per heavy atom. The van der Waals surface area contributed by atoms with Crippen LogP contribution in [-0.4, -0.2) is 11.5 Å². The molecule has 0 aliphatic carbocycles. The molecule has 0 amide bonds. The number of pyridine rings is 1. The van der Waals surface area contributed by atoms with E-state index in [1.807, 2.05) is 24.3 Å². The molecule has 0 bridgehead atoms. The molecule has 3 heterocycles. The van der Waals surface area contributed by atoms with Gasteiger partial charge in [-0.1, -0.05) is 27.5 Å². The minimum atomic E-state index is 0.615. The van der Waals surface area contributed by atoms with Crippen LogP contribution in [0.5, 0.6) is 0 Å². The molecule has 0 spiro atoms. The summed E-state index contributed by atoms with van der Waals surface area (Å²) in [7, 11) is 0. The molecule has 0 fully saturated rings. The van der Waals surface area contributed by atoms with Crippen LogP contribution in [0.2, 0.25) is 5.02 Å². The molecule has 0 saturated heterocycles. The fourth-order valence-corrected chi connectivity index (χ4v) is 5.03. The van der Waals surface area contributed by atoms with E-state index in [4.69, 9.17) is 22.3 Å². The van der Waals surface area contributed by atoms with Crippen LogP contribution in [0.15, 0.2) is 28.7 Å². The van der Waals surface area contributed by atoms with E-state index < -0.39 is 0 Å². The van der Waals surface area contributed by atoms with Gasteiger partial charge in [0.05, 0.1) is 22.6 Å². The van der Waals surface area contributed by atoms with Gasteiger partial charge in [0.2, 0.25) is 0 Å². The van der Waals surface area contributed by atoms with Crippen molar-refractivity contribution in [2.24, 2.45) is 0 Å². The third kappa shape index (κ3) is 2.53. The minimum Gasteiger partial charge on any atom is -0.389 e. The summed E-state index contributed by atoms with van der Waals surface area (Å²) in [6, 6.07) is 10.1. The van der Waals surface area contributed by atoms with Gasteiger partial charge in [0.25, 0.3) is 0 Å². The number of thiophene rings is 1. The van der Waals surface area contributed by atoms with Gasteiger partial charge >= 0.3 is 0 Å². The highest BCUT2D eigenvalue weighted by Gasteiger charge is 2.24. The molecule has 1 aliphatic rings. The molecule has 1 aliphatic heterocycles. The molecule has 4 rings (SSSR count). The minimum absolute atomic E-state index is 0.615. The summed E-state index contributed by atoms with van der Waals surface area (Å²) in [6.07, 6.45) is 0.805. The molecule has 0 radical (unpaired) electrons. The van der Waals surface area contributed by atoms with E-state index in [1.165, 1.54) is 11.3 Å². The van der Waals surface area contributed by atoms with Gasteiger partial charge in [-0.15, -0.1) is 11.3 Å². The van der Waals surface area contributed by atoms with Crippen LogP contribution in [0.25, 0.3) is 10.9 Å². The highest BCUT2D eigenvalue weighted by atomic mass is 79.9. The Kier molecular flexibility index (Phi) is 3.87. The summed E-state index contributed by atoms with van der Waals surface area (Å²) >= 11 is 11.3. The number of nitrogens with two attached hydrogens (primary N) is 1. The first kappa shape index (κ1) is 15.7. The van der Waals surface area contributed by atoms with E-state index in [9.17, 15) is 5.26 Å². The van der Waals surface area contributed by atoms with Crippen molar-refractivity contribution >= 4 is 60.6 Å². The summed E-state index contributed by atoms with van der Waals surface area (Å²) < 4.78 is 0.940. The van der Waals surface area contributed by atoms with Crippen molar-refractivity contribution in [1.82, 2.24) is 4.98 Å². The maximum absolute atomic E-state index is 9.25. The topological polar surface area (TPSA) is 65.9 Å². The number of anilines is 2. The highest BCUT2D eigenvalue weighted by Crippen LogP contribution is 2.36. The standard InChI is InChI=1S/C17H12BrClN4S/c18-10-5-9-1-2-15(22-16(9)13(19)6-10)23-4-3-11-12(7-20)17(21)24-14(11)8-23/h1-2,5-6H,3-4,8,21H2. The first-order chi connectivity index (χ1) is 11.6. The van der Waals surface area contributed by atoms with Crippen LogP contribution < -0.4 is 10.6 Å². The van der Waals surface area contributed by atoms with Crippen LogP contribution in [0.4, 0.5) is 10.8 Å². The first-order valence-corrected chi connectivity index (χ1v) is 9.36. The Balaban J connectivity index is 1.72. The largest absolute Gasteiger partial charge is 0.389 e. The number of aromatic nitrogens is 1. The van der Waals surface area contributed by atoms with Crippen LogP contribution in [0.3, 0.4) is 0 Å². The zero-order valence-electron chi connectivity index (χ0n) is 12.5. The van der Waals surface area contributed by atoms with Crippen molar-refractivity contribution < 1.29 is 0 Å². The SMILES string of the molecule is N#Cc1c(N)sc2c1CCN(c1ccc3cc(Br)cc(Cl)c3n1)C2. The van der Waals surface area contributed by atoms with Gasteiger partial charge in [-0.25, -0.2) is 4.98 Å². The van der Waals surface area contributed by atoms with Gasteiger partial charge in [0.15, 0.2) is 0 Å². The Bertz CT molecular complexity index is 1010. The fraction of sp³-hybridized carbons (Fsp3) is 0.176. The Morgan fingerprint density at radius 2 is 2.21 bits per heavy atom. The van der Waals surface area contributed by atoms with Crippen molar-refractivity contribution in [1.29, 1.82) is 5.26 Å². The monoisotopic (exact) mass is 418 g/mol. The maximum Gasteiger partial charge on any atom is 0.129 e. The zero-order chi connectivity index (χ0) is 16.8. The molecular weight excluding hydrogens is 408 g/mol. The summed E-state index contributed by atoms with van der Waals surface area (Å²) in [5.41, 5.74) is 8.51. The lowest BCUT2D eigenvalue weighted by Gasteiger charge is -2.28. The molecule has 2 N–H and O–H groups in total. The second kappa shape index (κ2) is 5.92. The Morgan fingerprint density at radius 1 is 1.38 bits per heavy atom. The van der Waals surface area contributed by atoms with E-state index >= 15 is 0 Å². The molecule has 0 unspecified atom stereocenters. The van der Waals surface area contributed by atoms with Crippen molar-refractivity contribution in [3.8, 4) is 6.07 Å². The number of rotatable bonds is 1. The molecule has 1 aromatic carbocycles. The quantitative estimate of drug-likeness (QED) is 0.619. The number of benzene rings is 1. The van der Waals surface area contributed by atoms with E-state index in [1.54, 1.807) is 0 Å². The maximum atomic E-state index is 9.25. The average molecular weight is 420 g/mol. The number of fused-ring (bicyclic) bond motifs is 2. The molecule has 3 aromatic rings. The lowest BCUT2D eigenvalue weighted by Crippen LogP contribution is -2.30. The predicted molar refractivity (Wildman–Crippen MR) is 103 cm³/mol. The highest BCUT2D eigenvalue weighted by molar-refractivity contribution is 9.10. The summed E-state index contributed by atoms with van der Waals surface area (Å²) in [4.78, 5) is 8.10. The lowest BCUT2D eigenvalue weighted by atomic mass is 10.0. The van der Waals surface area contributed by atoms with Crippen LogP contribution in [0.1, 0.15) is 16.0 Å². The van der Waals surface area contributed by atoms with Crippen LogP contribution in [0, 0.1) is 11.3 Å². The van der Waals surface area contributed by atoms with Crippen molar-refractivity contribution in [3.05, 3.63) is 49.8 Å². The number of nitriles is 1. The predicted octanol–water partition coefficient (Wildman–Crippen LogP) is 4.73. The van der Waals surface area contributed by atoms with Gasteiger partial charge in [0.1, 0.15) is 16.9 Å². The van der Waals surface area contributed by atoms with E-state index in [2.05, 4.69) is 26.9 Å². The third-order valence-electron chi connectivity index (χ3n) is 4.22. The van der Waals surface area contributed by atoms with Gasteiger partial charge in [-0.3, -0.25) is 0 Å². The molecule has 4 nitrogen and oxygen atoms in total.